The molecule has 0 amide bonds. The smallest absolute Gasteiger partial charge is 0.225 e. The van der Waals surface area contributed by atoms with Crippen molar-refractivity contribution < 1.29 is 4.74 Å². The van der Waals surface area contributed by atoms with Crippen LogP contribution in [0.15, 0.2) is 42.7 Å². The van der Waals surface area contributed by atoms with Crippen LogP contribution in [-0.2, 0) is 17.7 Å². The van der Waals surface area contributed by atoms with Gasteiger partial charge in [-0.15, -0.1) is 0 Å². The Morgan fingerprint density at radius 1 is 1.07 bits per heavy atom. The zero-order valence-electron chi connectivity index (χ0n) is 17.0. The zero-order chi connectivity index (χ0) is 20.5. The van der Waals surface area contributed by atoms with E-state index in [0.717, 1.165) is 54.0 Å². The SMILES string of the molecule is CC1COCCN1c1nc(-c2ccc(N)cc2)nc2c1CCN(c1ncccn1)C2. The largest absolute Gasteiger partial charge is 0.399 e. The summed E-state index contributed by atoms with van der Waals surface area (Å²) >= 11 is 0. The van der Waals surface area contributed by atoms with Crippen molar-refractivity contribution in [3.63, 3.8) is 0 Å². The molecule has 0 radical (unpaired) electrons. The quantitative estimate of drug-likeness (QED) is 0.666. The number of rotatable bonds is 3. The van der Waals surface area contributed by atoms with Crippen molar-refractivity contribution in [1.82, 2.24) is 19.9 Å². The first kappa shape index (κ1) is 18.7. The van der Waals surface area contributed by atoms with Crippen LogP contribution in [0.2, 0.25) is 0 Å². The van der Waals surface area contributed by atoms with Gasteiger partial charge in [0, 0.05) is 42.3 Å². The molecular weight excluding hydrogens is 378 g/mol. The van der Waals surface area contributed by atoms with Crippen molar-refractivity contribution in [3.8, 4) is 11.4 Å². The van der Waals surface area contributed by atoms with E-state index >= 15 is 0 Å². The molecule has 154 valence electrons. The van der Waals surface area contributed by atoms with Crippen molar-refractivity contribution in [2.75, 3.05) is 41.8 Å². The number of fused-ring (bicyclic) bond motifs is 1. The third kappa shape index (κ3) is 3.54. The number of nitrogen functional groups attached to an aromatic ring is 1. The van der Waals surface area contributed by atoms with E-state index in [9.17, 15) is 0 Å². The maximum atomic E-state index is 5.88. The number of ether oxygens (including phenoxy) is 1. The number of nitrogens with zero attached hydrogens (tertiary/aromatic N) is 6. The Labute approximate surface area is 175 Å². The van der Waals surface area contributed by atoms with E-state index in [1.165, 1.54) is 5.56 Å². The van der Waals surface area contributed by atoms with Crippen LogP contribution in [0.5, 0.6) is 0 Å². The summed E-state index contributed by atoms with van der Waals surface area (Å²) in [5.74, 6) is 2.48. The van der Waals surface area contributed by atoms with Crippen LogP contribution in [-0.4, -0.2) is 52.3 Å². The molecule has 2 N–H and O–H groups in total. The second-order valence-corrected chi connectivity index (χ2v) is 7.76. The third-order valence-corrected chi connectivity index (χ3v) is 5.69. The highest BCUT2D eigenvalue weighted by atomic mass is 16.5. The predicted octanol–water partition coefficient (Wildman–Crippen LogP) is 2.30. The molecule has 0 aliphatic carbocycles. The van der Waals surface area contributed by atoms with E-state index in [2.05, 4.69) is 26.7 Å². The summed E-state index contributed by atoms with van der Waals surface area (Å²) in [4.78, 5) is 23.4. The lowest BCUT2D eigenvalue weighted by Gasteiger charge is -2.37. The van der Waals surface area contributed by atoms with Gasteiger partial charge in [0.2, 0.25) is 5.95 Å². The number of benzene rings is 1. The maximum absolute atomic E-state index is 5.88. The second kappa shape index (κ2) is 7.87. The molecule has 5 rings (SSSR count). The summed E-state index contributed by atoms with van der Waals surface area (Å²) in [6, 6.07) is 9.83. The van der Waals surface area contributed by atoms with E-state index in [0.29, 0.717) is 19.8 Å². The summed E-state index contributed by atoms with van der Waals surface area (Å²) in [5, 5.41) is 0. The summed E-state index contributed by atoms with van der Waals surface area (Å²) in [5.41, 5.74) is 9.82. The molecule has 1 saturated heterocycles. The van der Waals surface area contributed by atoms with Gasteiger partial charge in [0.25, 0.3) is 0 Å². The average molecular weight is 403 g/mol. The molecule has 3 aromatic rings. The average Bonchev–Trinajstić information content (AvgIpc) is 2.79. The molecule has 1 unspecified atom stereocenters. The second-order valence-electron chi connectivity index (χ2n) is 7.76. The van der Waals surface area contributed by atoms with Gasteiger partial charge >= 0.3 is 0 Å². The van der Waals surface area contributed by atoms with Crippen molar-refractivity contribution in [2.24, 2.45) is 0 Å². The minimum atomic E-state index is 0.271. The molecule has 8 nitrogen and oxygen atoms in total. The maximum Gasteiger partial charge on any atom is 0.225 e. The first-order valence-corrected chi connectivity index (χ1v) is 10.3. The lowest BCUT2D eigenvalue weighted by atomic mass is 10.0. The molecule has 1 atom stereocenters. The number of nitrogens with two attached hydrogens (primary N) is 1. The van der Waals surface area contributed by atoms with Gasteiger partial charge in [-0.3, -0.25) is 0 Å². The minimum absolute atomic E-state index is 0.271. The fraction of sp³-hybridized carbons (Fsp3) is 0.364. The number of anilines is 3. The lowest BCUT2D eigenvalue weighted by Crippen LogP contribution is -2.45. The molecule has 4 heterocycles. The van der Waals surface area contributed by atoms with Gasteiger partial charge in [-0.05, 0) is 43.7 Å². The molecule has 0 saturated carbocycles. The number of morpholine rings is 1. The Morgan fingerprint density at radius 2 is 1.87 bits per heavy atom. The summed E-state index contributed by atoms with van der Waals surface area (Å²) < 4.78 is 5.66. The van der Waals surface area contributed by atoms with E-state index < -0.39 is 0 Å². The van der Waals surface area contributed by atoms with Gasteiger partial charge in [-0.25, -0.2) is 19.9 Å². The predicted molar refractivity (Wildman–Crippen MR) is 116 cm³/mol. The molecule has 2 aliphatic rings. The van der Waals surface area contributed by atoms with Crippen molar-refractivity contribution in [2.45, 2.75) is 25.9 Å². The van der Waals surface area contributed by atoms with Gasteiger partial charge in [0.05, 0.1) is 31.5 Å². The molecule has 1 fully saturated rings. The van der Waals surface area contributed by atoms with E-state index in [-0.39, 0.29) is 6.04 Å². The van der Waals surface area contributed by atoms with E-state index in [1.807, 2.05) is 30.3 Å². The monoisotopic (exact) mass is 403 g/mol. The number of hydrogen-bond donors (Lipinski definition) is 1. The summed E-state index contributed by atoms with van der Waals surface area (Å²) in [7, 11) is 0. The van der Waals surface area contributed by atoms with Crippen LogP contribution in [0, 0.1) is 0 Å². The van der Waals surface area contributed by atoms with Gasteiger partial charge < -0.3 is 20.3 Å². The van der Waals surface area contributed by atoms with Crippen LogP contribution in [0.25, 0.3) is 11.4 Å². The van der Waals surface area contributed by atoms with E-state index in [1.54, 1.807) is 12.4 Å². The van der Waals surface area contributed by atoms with Gasteiger partial charge in [0.15, 0.2) is 5.82 Å². The highest BCUT2D eigenvalue weighted by Crippen LogP contribution is 2.32. The van der Waals surface area contributed by atoms with Crippen molar-refractivity contribution >= 4 is 17.5 Å². The molecule has 0 bridgehead atoms. The van der Waals surface area contributed by atoms with Gasteiger partial charge in [-0.2, -0.15) is 0 Å². The first-order chi connectivity index (χ1) is 14.7. The normalized spacial score (nSPS) is 18.9. The molecule has 2 aromatic heterocycles. The number of aromatic nitrogens is 4. The van der Waals surface area contributed by atoms with Gasteiger partial charge in [-0.1, -0.05) is 0 Å². The van der Waals surface area contributed by atoms with Crippen LogP contribution in [0.4, 0.5) is 17.5 Å². The summed E-state index contributed by atoms with van der Waals surface area (Å²) in [6.07, 6.45) is 4.41. The Bertz CT molecular complexity index is 1030. The molecular formula is C22H25N7O. The van der Waals surface area contributed by atoms with Crippen LogP contribution in [0.3, 0.4) is 0 Å². The fourth-order valence-corrected chi connectivity index (χ4v) is 4.08. The minimum Gasteiger partial charge on any atom is -0.399 e. The molecule has 8 heteroatoms. The third-order valence-electron chi connectivity index (χ3n) is 5.69. The summed E-state index contributed by atoms with van der Waals surface area (Å²) in [6.45, 7) is 5.94. The first-order valence-electron chi connectivity index (χ1n) is 10.3. The van der Waals surface area contributed by atoms with Crippen LogP contribution < -0.4 is 15.5 Å². The topological polar surface area (TPSA) is 93.3 Å². The van der Waals surface area contributed by atoms with Crippen molar-refractivity contribution in [3.05, 3.63) is 54.0 Å². The molecule has 30 heavy (non-hydrogen) atoms. The Balaban J connectivity index is 1.58. The highest BCUT2D eigenvalue weighted by molar-refractivity contribution is 5.64. The fourth-order valence-electron chi connectivity index (χ4n) is 4.08. The van der Waals surface area contributed by atoms with Crippen molar-refractivity contribution in [1.29, 1.82) is 0 Å². The Hall–Kier alpha value is -3.26. The Morgan fingerprint density at radius 3 is 2.63 bits per heavy atom. The van der Waals surface area contributed by atoms with Crippen LogP contribution in [0.1, 0.15) is 18.2 Å². The lowest BCUT2D eigenvalue weighted by molar-refractivity contribution is 0.0984. The van der Waals surface area contributed by atoms with E-state index in [4.69, 9.17) is 20.4 Å². The standard InChI is InChI=1S/C22H25N7O/c1-15-14-30-12-11-29(15)21-18-7-10-28(22-24-8-2-9-25-22)13-19(18)26-20(27-21)16-3-5-17(23)6-4-16/h2-6,8-9,15H,7,10-14,23H2,1H3. The molecule has 2 aliphatic heterocycles. The molecule has 0 spiro atoms. The van der Waals surface area contributed by atoms with Gasteiger partial charge in [0.1, 0.15) is 5.82 Å². The molecule has 1 aromatic carbocycles. The Kier molecular flexibility index (Phi) is 4.92. The zero-order valence-corrected chi connectivity index (χ0v) is 17.0. The van der Waals surface area contributed by atoms with Crippen LogP contribution >= 0.6 is 0 Å². The number of hydrogen-bond acceptors (Lipinski definition) is 8. The highest BCUT2D eigenvalue weighted by Gasteiger charge is 2.29.